The van der Waals surface area contributed by atoms with Gasteiger partial charge in [-0.2, -0.15) is 12.7 Å². The summed E-state index contributed by atoms with van der Waals surface area (Å²) in [5.74, 6) is 0.148. The number of hydrogen-bond acceptors (Lipinski definition) is 4. The molecule has 0 aliphatic carbocycles. The number of aryl methyl sites for hydroxylation is 1. The van der Waals surface area contributed by atoms with E-state index in [1.807, 2.05) is 13.8 Å². The molecule has 0 amide bonds. The van der Waals surface area contributed by atoms with E-state index in [4.69, 9.17) is 11.6 Å². The first-order valence-electron chi connectivity index (χ1n) is 8.54. The van der Waals surface area contributed by atoms with Gasteiger partial charge in [0.25, 0.3) is 10.0 Å². The Balaban J connectivity index is 2.34. The maximum absolute atomic E-state index is 12.8. The van der Waals surface area contributed by atoms with Crippen LogP contribution in [0.1, 0.15) is 19.4 Å². The fourth-order valence-electron chi connectivity index (χ4n) is 2.54. The van der Waals surface area contributed by atoms with E-state index in [-0.39, 0.29) is 27.2 Å². The Bertz CT molecular complexity index is 1050. The topological polar surface area (TPSA) is 95.6 Å². The Labute approximate surface area is 171 Å². The zero-order valence-corrected chi connectivity index (χ0v) is 18.5. The van der Waals surface area contributed by atoms with E-state index in [2.05, 4.69) is 9.44 Å². The van der Waals surface area contributed by atoms with Crippen molar-refractivity contribution in [3.8, 4) is 0 Å². The highest BCUT2D eigenvalue weighted by molar-refractivity contribution is 7.92. The number of nitrogens with zero attached hydrogens (tertiary/aromatic N) is 1. The van der Waals surface area contributed by atoms with Crippen LogP contribution in [0.15, 0.2) is 47.4 Å². The van der Waals surface area contributed by atoms with Crippen molar-refractivity contribution in [3.63, 3.8) is 0 Å². The van der Waals surface area contributed by atoms with Crippen molar-refractivity contribution < 1.29 is 16.8 Å². The van der Waals surface area contributed by atoms with Gasteiger partial charge in [0.05, 0.1) is 21.3 Å². The molecule has 0 atom stereocenters. The lowest BCUT2D eigenvalue weighted by molar-refractivity contribution is 0.420. The minimum atomic E-state index is -3.97. The minimum Gasteiger partial charge on any atom is -0.278 e. The first kappa shape index (κ1) is 22.5. The number of anilines is 2. The molecule has 0 fully saturated rings. The molecule has 0 saturated heterocycles. The molecule has 0 bridgehead atoms. The fraction of sp³-hybridized carbons (Fsp3) is 0.333. The van der Waals surface area contributed by atoms with Crippen LogP contribution in [0, 0.1) is 12.8 Å². The van der Waals surface area contributed by atoms with Gasteiger partial charge < -0.3 is 0 Å². The van der Waals surface area contributed by atoms with E-state index >= 15 is 0 Å². The first-order chi connectivity index (χ1) is 12.9. The van der Waals surface area contributed by atoms with Crippen molar-refractivity contribution in [1.82, 2.24) is 4.31 Å². The van der Waals surface area contributed by atoms with Crippen molar-refractivity contribution >= 4 is 43.2 Å². The van der Waals surface area contributed by atoms with Gasteiger partial charge in [-0.3, -0.25) is 9.44 Å². The van der Waals surface area contributed by atoms with E-state index in [0.717, 1.165) is 0 Å². The fourth-order valence-corrected chi connectivity index (χ4v) is 5.20. The summed E-state index contributed by atoms with van der Waals surface area (Å²) in [5.41, 5.74) is 0.866. The average Bonchev–Trinajstić information content (AvgIpc) is 2.57. The summed E-state index contributed by atoms with van der Waals surface area (Å²) >= 11 is 6.03. The summed E-state index contributed by atoms with van der Waals surface area (Å²) in [5, 5.41) is 0.260. The molecule has 2 aromatic carbocycles. The SMILES string of the molecule is Cc1ccc(NS(=O)(=O)N(C)CC(C)C)cc1S(=O)(=O)Nc1ccccc1Cl. The highest BCUT2D eigenvalue weighted by Gasteiger charge is 2.22. The second kappa shape index (κ2) is 8.69. The van der Waals surface area contributed by atoms with Crippen molar-refractivity contribution in [1.29, 1.82) is 0 Å². The molecule has 28 heavy (non-hydrogen) atoms. The van der Waals surface area contributed by atoms with Crippen molar-refractivity contribution in [2.45, 2.75) is 25.7 Å². The molecule has 0 aliphatic rings. The van der Waals surface area contributed by atoms with Gasteiger partial charge in [0.15, 0.2) is 0 Å². The highest BCUT2D eigenvalue weighted by Crippen LogP contribution is 2.27. The molecule has 154 valence electrons. The predicted octanol–water partition coefficient (Wildman–Crippen LogP) is 3.69. The third kappa shape index (κ3) is 5.60. The molecule has 2 N–H and O–H groups in total. The highest BCUT2D eigenvalue weighted by atomic mass is 35.5. The van der Waals surface area contributed by atoms with E-state index in [9.17, 15) is 16.8 Å². The standard InChI is InChI=1S/C18H24ClN3O4S2/c1-13(2)12-22(4)28(25,26)20-15-10-9-14(3)18(11-15)27(23,24)21-17-8-6-5-7-16(17)19/h5-11,13,20-21H,12H2,1-4H3. The second-order valence-electron chi connectivity index (χ2n) is 6.85. The zero-order chi connectivity index (χ0) is 21.1. The van der Waals surface area contributed by atoms with Gasteiger partial charge in [0, 0.05) is 13.6 Å². The quantitative estimate of drug-likeness (QED) is 0.647. The maximum atomic E-state index is 12.8. The number of hydrogen-bond donors (Lipinski definition) is 2. The van der Waals surface area contributed by atoms with Crippen molar-refractivity contribution in [2.24, 2.45) is 5.92 Å². The summed E-state index contributed by atoms with van der Waals surface area (Å²) in [6, 6.07) is 10.8. The molecule has 2 aromatic rings. The number of para-hydroxylation sites is 1. The van der Waals surface area contributed by atoms with Crippen LogP contribution in [0.2, 0.25) is 5.02 Å². The molecule has 0 saturated carbocycles. The molecular weight excluding hydrogens is 422 g/mol. The third-order valence-electron chi connectivity index (χ3n) is 3.88. The first-order valence-corrected chi connectivity index (χ1v) is 11.8. The van der Waals surface area contributed by atoms with Crippen LogP contribution in [0.25, 0.3) is 0 Å². The Morgan fingerprint density at radius 1 is 1.04 bits per heavy atom. The van der Waals surface area contributed by atoms with Crippen LogP contribution < -0.4 is 9.44 Å². The Hall–Kier alpha value is -1.81. The molecule has 0 radical (unpaired) electrons. The minimum absolute atomic E-state index is 0.0425. The lowest BCUT2D eigenvalue weighted by Gasteiger charge is -2.20. The predicted molar refractivity (Wildman–Crippen MR) is 113 cm³/mol. The summed E-state index contributed by atoms with van der Waals surface area (Å²) in [6.45, 7) is 5.77. The molecular formula is C18H24ClN3O4S2. The lowest BCUT2D eigenvalue weighted by atomic mass is 10.2. The third-order valence-corrected chi connectivity index (χ3v) is 7.18. The summed E-state index contributed by atoms with van der Waals surface area (Å²) in [4.78, 5) is -0.0425. The van der Waals surface area contributed by atoms with E-state index < -0.39 is 20.2 Å². The van der Waals surface area contributed by atoms with Crippen LogP contribution >= 0.6 is 11.6 Å². The Morgan fingerprint density at radius 2 is 1.68 bits per heavy atom. The van der Waals surface area contributed by atoms with Gasteiger partial charge in [0.2, 0.25) is 0 Å². The van der Waals surface area contributed by atoms with E-state index in [1.54, 1.807) is 37.3 Å². The molecule has 0 aliphatic heterocycles. The normalized spacial score (nSPS) is 12.4. The molecule has 0 aromatic heterocycles. The zero-order valence-electron chi connectivity index (χ0n) is 16.1. The van der Waals surface area contributed by atoms with Crippen LogP contribution in [0.4, 0.5) is 11.4 Å². The summed E-state index contributed by atoms with van der Waals surface area (Å²) < 4.78 is 56.6. The van der Waals surface area contributed by atoms with Gasteiger partial charge in [-0.25, -0.2) is 8.42 Å². The number of benzene rings is 2. The number of sulfonamides is 1. The number of rotatable bonds is 8. The van der Waals surface area contributed by atoms with Gasteiger partial charge in [0.1, 0.15) is 0 Å². The van der Waals surface area contributed by atoms with Gasteiger partial charge >= 0.3 is 10.2 Å². The molecule has 0 heterocycles. The van der Waals surface area contributed by atoms with E-state index in [1.165, 1.54) is 23.5 Å². The average molecular weight is 446 g/mol. The lowest BCUT2D eigenvalue weighted by Crippen LogP contribution is -2.35. The van der Waals surface area contributed by atoms with Crippen LogP contribution in [0.3, 0.4) is 0 Å². The van der Waals surface area contributed by atoms with Crippen LogP contribution in [-0.2, 0) is 20.2 Å². The van der Waals surface area contributed by atoms with Crippen LogP contribution in [-0.4, -0.2) is 34.7 Å². The monoisotopic (exact) mass is 445 g/mol. The van der Waals surface area contributed by atoms with Crippen LogP contribution in [0.5, 0.6) is 0 Å². The summed E-state index contributed by atoms with van der Waals surface area (Å²) in [6.07, 6.45) is 0. The Morgan fingerprint density at radius 3 is 2.29 bits per heavy atom. The largest absolute Gasteiger partial charge is 0.301 e. The number of nitrogens with one attached hydrogen (secondary N) is 2. The summed E-state index contributed by atoms with van der Waals surface area (Å²) in [7, 11) is -6.30. The smallest absolute Gasteiger partial charge is 0.278 e. The molecule has 7 nitrogen and oxygen atoms in total. The molecule has 10 heteroatoms. The molecule has 0 unspecified atom stereocenters. The molecule has 2 rings (SSSR count). The second-order valence-corrected chi connectivity index (χ2v) is 10.7. The number of halogens is 1. The molecule has 0 spiro atoms. The van der Waals surface area contributed by atoms with Gasteiger partial charge in [-0.05, 0) is 42.7 Å². The van der Waals surface area contributed by atoms with Gasteiger partial charge in [-0.15, -0.1) is 0 Å². The maximum Gasteiger partial charge on any atom is 0.301 e. The van der Waals surface area contributed by atoms with E-state index in [0.29, 0.717) is 12.1 Å². The van der Waals surface area contributed by atoms with Crippen molar-refractivity contribution in [2.75, 3.05) is 23.0 Å². The Kier molecular flexibility index (Phi) is 6.97. The van der Waals surface area contributed by atoms with Crippen molar-refractivity contribution in [3.05, 3.63) is 53.1 Å². The van der Waals surface area contributed by atoms with Gasteiger partial charge in [-0.1, -0.05) is 43.6 Å².